The van der Waals surface area contributed by atoms with Gasteiger partial charge in [-0.05, 0) is 38.8 Å². The van der Waals surface area contributed by atoms with Gasteiger partial charge in [-0.2, -0.15) is 9.97 Å². The number of aryl methyl sites for hydroxylation is 2. The number of rotatable bonds is 3. The van der Waals surface area contributed by atoms with Crippen molar-refractivity contribution < 1.29 is 0 Å². The number of hydrogen-bond acceptors (Lipinski definition) is 6. The van der Waals surface area contributed by atoms with Crippen LogP contribution in [0.3, 0.4) is 0 Å². The third-order valence-corrected chi connectivity index (χ3v) is 3.91. The molecule has 3 N–H and O–H groups in total. The summed E-state index contributed by atoms with van der Waals surface area (Å²) in [6.07, 6.45) is 1.08. The Balaban J connectivity index is 2.00. The lowest BCUT2D eigenvalue weighted by Crippen LogP contribution is -2.24. The predicted octanol–water partition coefficient (Wildman–Crippen LogP) is 1.85. The van der Waals surface area contributed by atoms with E-state index in [1.807, 2.05) is 14.0 Å². The number of nitrogens with one attached hydrogen (secondary N) is 3. The van der Waals surface area contributed by atoms with Crippen molar-refractivity contribution in [3.63, 3.8) is 0 Å². The number of aromatic nitrogens is 3. The molecule has 2 aromatic heterocycles. The Bertz CT molecular complexity index is 669. The summed E-state index contributed by atoms with van der Waals surface area (Å²) in [6.45, 7) is 7.19. The Hall–Kier alpha value is -1.95. The van der Waals surface area contributed by atoms with Gasteiger partial charge in [0, 0.05) is 31.4 Å². The maximum absolute atomic E-state index is 4.60. The fourth-order valence-corrected chi connectivity index (χ4v) is 2.95. The van der Waals surface area contributed by atoms with E-state index in [-0.39, 0.29) is 0 Å². The third kappa shape index (κ3) is 2.76. The minimum Gasteiger partial charge on any atom is -0.372 e. The maximum atomic E-state index is 4.60. The van der Waals surface area contributed by atoms with Crippen molar-refractivity contribution in [2.75, 3.05) is 24.2 Å². The Morgan fingerprint density at radius 3 is 2.71 bits per heavy atom. The van der Waals surface area contributed by atoms with Crippen LogP contribution in [-0.4, -0.2) is 40.6 Å². The zero-order valence-corrected chi connectivity index (χ0v) is 13.0. The van der Waals surface area contributed by atoms with Gasteiger partial charge in [-0.25, -0.2) is 4.98 Å². The average Bonchev–Trinajstić information content (AvgIpc) is 2.82. The van der Waals surface area contributed by atoms with Crippen molar-refractivity contribution in [2.24, 2.45) is 0 Å². The number of nitrogens with zero attached hydrogens (tertiary/aromatic N) is 3. The molecular formula is C15H22N6. The first-order valence-corrected chi connectivity index (χ1v) is 7.40. The summed E-state index contributed by atoms with van der Waals surface area (Å²) in [7, 11) is 1.88. The van der Waals surface area contributed by atoms with Gasteiger partial charge < -0.3 is 16.0 Å². The fraction of sp³-hybridized carbons (Fsp3) is 0.533. The number of anilines is 2. The second-order valence-corrected chi connectivity index (χ2v) is 5.81. The van der Waals surface area contributed by atoms with Gasteiger partial charge in [-0.1, -0.05) is 0 Å². The van der Waals surface area contributed by atoms with E-state index in [9.17, 15) is 0 Å². The van der Waals surface area contributed by atoms with Gasteiger partial charge >= 0.3 is 0 Å². The van der Waals surface area contributed by atoms with Gasteiger partial charge in [0.25, 0.3) is 0 Å². The summed E-state index contributed by atoms with van der Waals surface area (Å²) in [6, 6.07) is 2.96. The normalized spacial score (nSPS) is 21.7. The Morgan fingerprint density at radius 2 is 2.05 bits per heavy atom. The van der Waals surface area contributed by atoms with Crippen molar-refractivity contribution in [1.29, 1.82) is 0 Å². The molecule has 0 spiro atoms. The lowest BCUT2D eigenvalue weighted by Gasteiger charge is -2.14. The topological polar surface area (TPSA) is 74.8 Å². The van der Waals surface area contributed by atoms with Crippen LogP contribution in [0.4, 0.5) is 11.8 Å². The number of hydrogen-bond donors (Lipinski definition) is 3. The molecule has 0 aromatic carbocycles. The van der Waals surface area contributed by atoms with E-state index < -0.39 is 0 Å². The van der Waals surface area contributed by atoms with Crippen molar-refractivity contribution in [2.45, 2.75) is 39.3 Å². The molecule has 2 aromatic rings. The average molecular weight is 286 g/mol. The fourth-order valence-electron chi connectivity index (χ4n) is 2.95. The van der Waals surface area contributed by atoms with Gasteiger partial charge in [0.2, 0.25) is 5.95 Å². The van der Waals surface area contributed by atoms with E-state index in [1.165, 1.54) is 0 Å². The molecule has 3 heterocycles. The first-order valence-electron chi connectivity index (χ1n) is 7.40. The molecule has 1 aliphatic heterocycles. The molecule has 2 unspecified atom stereocenters. The molecule has 21 heavy (non-hydrogen) atoms. The lowest BCUT2D eigenvalue weighted by atomic mass is 10.1. The van der Waals surface area contributed by atoms with E-state index >= 15 is 0 Å². The summed E-state index contributed by atoms with van der Waals surface area (Å²) in [5.74, 6) is 1.47. The van der Waals surface area contributed by atoms with Crippen molar-refractivity contribution in [1.82, 2.24) is 20.3 Å². The summed E-state index contributed by atoms with van der Waals surface area (Å²) in [5.41, 5.74) is 2.86. The zero-order valence-electron chi connectivity index (χ0n) is 13.0. The highest BCUT2D eigenvalue weighted by Crippen LogP contribution is 2.25. The minimum absolute atomic E-state index is 0.369. The zero-order chi connectivity index (χ0) is 15.0. The largest absolute Gasteiger partial charge is 0.372 e. The van der Waals surface area contributed by atoms with Gasteiger partial charge in [0.1, 0.15) is 5.82 Å². The molecule has 112 valence electrons. The molecule has 1 fully saturated rings. The first kappa shape index (κ1) is 14.0. The Morgan fingerprint density at radius 1 is 1.24 bits per heavy atom. The first-order chi connectivity index (χ1) is 10.1. The Kier molecular flexibility index (Phi) is 3.63. The van der Waals surface area contributed by atoms with Crippen LogP contribution in [0.25, 0.3) is 11.0 Å². The summed E-state index contributed by atoms with van der Waals surface area (Å²) >= 11 is 0. The molecule has 1 aliphatic rings. The smallest absolute Gasteiger partial charge is 0.226 e. The van der Waals surface area contributed by atoms with Crippen molar-refractivity contribution in [3.05, 3.63) is 17.3 Å². The molecule has 6 nitrogen and oxygen atoms in total. The van der Waals surface area contributed by atoms with Gasteiger partial charge in [-0.3, -0.25) is 0 Å². The minimum atomic E-state index is 0.369. The van der Waals surface area contributed by atoms with Crippen molar-refractivity contribution >= 4 is 22.8 Å². The van der Waals surface area contributed by atoms with Gasteiger partial charge in [-0.15, -0.1) is 0 Å². The van der Waals surface area contributed by atoms with Crippen LogP contribution in [0.1, 0.15) is 24.6 Å². The van der Waals surface area contributed by atoms with Gasteiger partial charge in [0.05, 0.1) is 5.39 Å². The van der Waals surface area contributed by atoms with Crippen LogP contribution in [0.15, 0.2) is 6.07 Å². The molecule has 1 saturated heterocycles. The molecule has 0 radical (unpaired) electrons. The standard InChI is InChI=1S/C15H22N6/c1-8-5-10(3)18-14-12(8)13(16-4)20-15(21-14)19-11-6-9(2)17-7-11/h5,9,11,17H,6-7H2,1-4H3,(H2,16,18,19,20,21). The molecule has 3 rings (SSSR count). The molecule has 0 amide bonds. The van der Waals surface area contributed by atoms with E-state index in [4.69, 9.17) is 0 Å². The maximum Gasteiger partial charge on any atom is 0.226 e. The molecular weight excluding hydrogens is 264 g/mol. The highest BCUT2D eigenvalue weighted by molar-refractivity contribution is 5.90. The van der Waals surface area contributed by atoms with Crippen LogP contribution in [0.2, 0.25) is 0 Å². The quantitative estimate of drug-likeness (QED) is 0.799. The van der Waals surface area contributed by atoms with Crippen LogP contribution in [0.5, 0.6) is 0 Å². The van der Waals surface area contributed by atoms with E-state index in [2.05, 4.69) is 50.8 Å². The van der Waals surface area contributed by atoms with Gasteiger partial charge in [0.15, 0.2) is 5.65 Å². The van der Waals surface area contributed by atoms with Crippen molar-refractivity contribution in [3.8, 4) is 0 Å². The SMILES string of the molecule is CNc1nc(NC2CNC(C)C2)nc2nc(C)cc(C)c12. The third-order valence-electron chi connectivity index (χ3n) is 3.91. The highest BCUT2D eigenvalue weighted by atomic mass is 15.2. The molecule has 6 heteroatoms. The van der Waals surface area contributed by atoms with Crippen LogP contribution in [0, 0.1) is 13.8 Å². The summed E-state index contributed by atoms with van der Waals surface area (Å²) in [5, 5.41) is 11.0. The summed E-state index contributed by atoms with van der Waals surface area (Å²) in [4.78, 5) is 13.7. The van der Waals surface area contributed by atoms with Crippen LogP contribution >= 0.6 is 0 Å². The number of pyridine rings is 1. The molecule has 0 aliphatic carbocycles. The second kappa shape index (κ2) is 5.44. The molecule has 0 bridgehead atoms. The second-order valence-electron chi connectivity index (χ2n) is 5.81. The van der Waals surface area contributed by atoms with E-state index in [0.29, 0.717) is 18.0 Å². The van der Waals surface area contributed by atoms with Crippen LogP contribution in [-0.2, 0) is 0 Å². The monoisotopic (exact) mass is 286 g/mol. The van der Waals surface area contributed by atoms with Crippen LogP contribution < -0.4 is 16.0 Å². The molecule has 2 atom stereocenters. The lowest BCUT2D eigenvalue weighted by molar-refractivity contribution is 0.660. The summed E-state index contributed by atoms with van der Waals surface area (Å²) < 4.78 is 0. The van der Waals surface area contributed by atoms with E-state index in [0.717, 1.165) is 41.1 Å². The Labute approximate surface area is 124 Å². The van der Waals surface area contributed by atoms with E-state index in [1.54, 1.807) is 0 Å². The predicted molar refractivity (Wildman–Crippen MR) is 85.8 cm³/mol. The highest BCUT2D eigenvalue weighted by Gasteiger charge is 2.21. The molecule has 0 saturated carbocycles. The number of fused-ring (bicyclic) bond motifs is 1.